The van der Waals surface area contributed by atoms with Crippen molar-refractivity contribution in [3.8, 4) is 0 Å². The molecule has 1 aliphatic carbocycles. The lowest BCUT2D eigenvalue weighted by molar-refractivity contribution is 0.0253. The summed E-state index contributed by atoms with van der Waals surface area (Å²) < 4.78 is 0. The Hall–Kier alpha value is -0.610. The second kappa shape index (κ2) is 7.41. The van der Waals surface area contributed by atoms with Crippen molar-refractivity contribution in [2.45, 2.75) is 50.4 Å². The third kappa shape index (κ3) is 4.19. The van der Waals surface area contributed by atoms with Gasteiger partial charge in [0, 0.05) is 17.6 Å². The van der Waals surface area contributed by atoms with E-state index in [1.165, 1.54) is 6.42 Å². The van der Waals surface area contributed by atoms with E-state index in [9.17, 15) is 10.2 Å². The number of hydrogen-bond donors (Lipinski definition) is 2. The zero-order chi connectivity index (χ0) is 14.5. The summed E-state index contributed by atoms with van der Waals surface area (Å²) in [7, 11) is 2.03. The number of likely N-dealkylation sites (N-methyl/N-ethyl adjacent to an activating group) is 1. The van der Waals surface area contributed by atoms with Gasteiger partial charge in [-0.25, -0.2) is 0 Å². The number of hydrogen-bond acceptors (Lipinski definition) is 3. The van der Waals surface area contributed by atoms with E-state index in [1.807, 2.05) is 31.3 Å². The molecule has 1 aliphatic rings. The lowest BCUT2D eigenvalue weighted by Crippen LogP contribution is -2.43. The summed E-state index contributed by atoms with van der Waals surface area (Å²) in [5.41, 5.74) is 0.857. The highest BCUT2D eigenvalue weighted by molar-refractivity contribution is 6.30. The minimum Gasteiger partial charge on any atom is -0.391 e. The van der Waals surface area contributed by atoms with Gasteiger partial charge in [0.2, 0.25) is 0 Å². The first kappa shape index (κ1) is 15.8. The van der Waals surface area contributed by atoms with Crippen LogP contribution in [-0.2, 0) is 0 Å². The lowest BCUT2D eigenvalue weighted by atomic mass is 9.91. The van der Waals surface area contributed by atoms with Crippen LogP contribution in [0.5, 0.6) is 0 Å². The Morgan fingerprint density at radius 3 is 2.80 bits per heavy atom. The molecule has 1 fully saturated rings. The van der Waals surface area contributed by atoms with E-state index in [-0.39, 0.29) is 12.1 Å². The van der Waals surface area contributed by atoms with Crippen LogP contribution in [0.15, 0.2) is 24.3 Å². The molecule has 2 rings (SSSR count). The Balaban J connectivity index is 1.84. The van der Waals surface area contributed by atoms with Crippen LogP contribution >= 0.6 is 11.6 Å². The second-order valence-corrected chi connectivity index (χ2v) is 6.20. The fourth-order valence-corrected chi connectivity index (χ4v) is 3.18. The van der Waals surface area contributed by atoms with Gasteiger partial charge < -0.3 is 15.1 Å². The normalized spacial score (nSPS) is 24.9. The monoisotopic (exact) mass is 297 g/mol. The Labute approximate surface area is 126 Å². The van der Waals surface area contributed by atoms with Gasteiger partial charge in [0.1, 0.15) is 0 Å². The van der Waals surface area contributed by atoms with Crippen LogP contribution in [0.2, 0.25) is 5.02 Å². The molecule has 0 bridgehead atoms. The van der Waals surface area contributed by atoms with Crippen molar-refractivity contribution in [1.29, 1.82) is 0 Å². The van der Waals surface area contributed by atoms with E-state index in [0.717, 1.165) is 31.4 Å². The van der Waals surface area contributed by atoms with E-state index in [4.69, 9.17) is 11.6 Å². The van der Waals surface area contributed by atoms with Crippen molar-refractivity contribution in [1.82, 2.24) is 4.90 Å². The molecular weight excluding hydrogens is 274 g/mol. The molecule has 3 nitrogen and oxygen atoms in total. The van der Waals surface area contributed by atoms with E-state index in [1.54, 1.807) is 0 Å². The van der Waals surface area contributed by atoms with Gasteiger partial charge in [0.05, 0.1) is 12.2 Å². The highest BCUT2D eigenvalue weighted by Crippen LogP contribution is 2.24. The van der Waals surface area contributed by atoms with E-state index < -0.39 is 6.10 Å². The SMILES string of the molecule is CN(CCC(O)c1cccc(Cl)c1)C1CCCCC1O. The van der Waals surface area contributed by atoms with Crippen molar-refractivity contribution in [2.75, 3.05) is 13.6 Å². The maximum Gasteiger partial charge on any atom is 0.0802 e. The molecule has 4 heteroatoms. The summed E-state index contributed by atoms with van der Waals surface area (Å²) >= 11 is 5.94. The molecule has 3 unspecified atom stereocenters. The Morgan fingerprint density at radius 2 is 2.10 bits per heavy atom. The molecule has 0 radical (unpaired) electrons. The van der Waals surface area contributed by atoms with Gasteiger partial charge in [0.25, 0.3) is 0 Å². The predicted octanol–water partition coefficient (Wildman–Crippen LogP) is 3.00. The lowest BCUT2D eigenvalue weighted by Gasteiger charge is -2.35. The molecule has 1 saturated carbocycles. The molecule has 3 atom stereocenters. The van der Waals surface area contributed by atoms with Crippen molar-refractivity contribution in [3.05, 3.63) is 34.9 Å². The smallest absolute Gasteiger partial charge is 0.0802 e. The number of nitrogens with zero attached hydrogens (tertiary/aromatic N) is 1. The Bertz CT molecular complexity index is 427. The summed E-state index contributed by atoms with van der Waals surface area (Å²) in [5.74, 6) is 0. The third-order valence-electron chi connectivity index (χ3n) is 4.25. The van der Waals surface area contributed by atoms with Gasteiger partial charge in [-0.15, -0.1) is 0 Å². The second-order valence-electron chi connectivity index (χ2n) is 5.76. The van der Waals surface area contributed by atoms with Crippen LogP contribution < -0.4 is 0 Å². The zero-order valence-electron chi connectivity index (χ0n) is 12.0. The van der Waals surface area contributed by atoms with Gasteiger partial charge in [-0.05, 0) is 44.0 Å². The van der Waals surface area contributed by atoms with Crippen LogP contribution in [0, 0.1) is 0 Å². The number of halogens is 1. The highest BCUT2D eigenvalue weighted by Gasteiger charge is 2.26. The van der Waals surface area contributed by atoms with Gasteiger partial charge in [-0.2, -0.15) is 0 Å². The first-order valence-electron chi connectivity index (χ1n) is 7.40. The van der Waals surface area contributed by atoms with Crippen LogP contribution in [0.1, 0.15) is 43.8 Å². The molecule has 20 heavy (non-hydrogen) atoms. The Kier molecular flexibility index (Phi) is 5.85. The molecule has 0 heterocycles. The number of aliphatic hydroxyl groups is 2. The third-order valence-corrected chi connectivity index (χ3v) is 4.48. The van der Waals surface area contributed by atoms with Gasteiger partial charge in [-0.1, -0.05) is 36.6 Å². The molecule has 0 amide bonds. The van der Waals surface area contributed by atoms with E-state index in [0.29, 0.717) is 11.4 Å². The molecule has 2 N–H and O–H groups in total. The molecule has 1 aromatic rings. The fourth-order valence-electron chi connectivity index (χ4n) is 2.98. The molecule has 112 valence electrons. The van der Waals surface area contributed by atoms with Crippen LogP contribution in [0.3, 0.4) is 0 Å². The number of benzene rings is 1. The summed E-state index contributed by atoms with van der Waals surface area (Å²) in [6.07, 6.45) is 4.17. The summed E-state index contributed by atoms with van der Waals surface area (Å²) in [6, 6.07) is 7.60. The summed E-state index contributed by atoms with van der Waals surface area (Å²) in [6.45, 7) is 0.773. The van der Waals surface area contributed by atoms with Crippen molar-refractivity contribution < 1.29 is 10.2 Å². The van der Waals surface area contributed by atoms with Crippen LogP contribution in [0.4, 0.5) is 0 Å². The first-order chi connectivity index (χ1) is 9.58. The quantitative estimate of drug-likeness (QED) is 0.878. The minimum absolute atomic E-state index is 0.225. The largest absolute Gasteiger partial charge is 0.391 e. The first-order valence-corrected chi connectivity index (χ1v) is 7.77. The average Bonchev–Trinajstić information content (AvgIpc) is 2.45. The minimum atomic E-state index is -0.503. The van der Waals surface area contributed by atoms with Crippen molar-refractivity contribution >= 4 is 11.6 Å². The van der Waals surface area contributed by atoms with Gasteiger partial charge >= 0.3 is 0 Å². The molecule has 0 saturated heterocycles. The summed E-state index contributed by atoms with van der Waals surface area (Å²) in [4.78, 5) is 2.18. The van der Waals surface area contributed by atoms with Crippen molar-refractivity contribution in [2.24, 2.45) is 0 Å². The topological polar surface area (TPSA) is 43.7 Å². The van der Waals surface area contributed by atoms with Crippen LogP contribution in [-0.4, -0.2) is 40.9 Å². The standard InChI is InChI=1S/C16H24ClNO2/c1-18(14-7-2-3-8-16(14)20)10-9-15(19)12-5-4-6-13(17)11-12/h4-6,11,14-16,19-20H,2-3,7-10H2,1H3. The molecule has 0 aliphatic heterocycles. The zero-order valence-corrected chi connectivity index (χ0v) is 12.8. The van der Waals surface area contributed by atoms with Crippen LogP contribution in [0.25, 0.3) is 0 Å². The maximum atomic E-state index is 10.2. The van der Waals surface area contributed by atoms with Gasteiger partial charge in [-0.3, -0.25) is 0 Å². The highest BCUT2D eigenvalue weighted by atomic mass is 35.5. The van der Waals surface area contributed by atoms with E-state index >= 15 is 0 Å². The van der Waals surface area contributed by atoms with Crippen molar-refractivity contribution in [3.63, 3.8) is 0 Å². The number of aliphatic hydroxyl groups excluding tert-OH is 2. The molecule has 0 spiro atoms. The molecular formula is C16H24ClNO2. The summed E-state index contributed by atoms with van der Waals surface area (Å²) in [5, 5.41) is 20.9. The Morgan fingerprint density at radius 1 is 1.35 bits per heavy atom. The predicted molar refractivity (Wildman–Crippen MR) is 81.9 cm³/mol. The number of rotatable bonds is 5. The van der Waals surface area contributed by atoms with Gasteiger partial charge in [0.15, 0.2) is 0 Å². The molecule has 0 aromatic heterocycles. The molecule has 1 aromatic carbocycles. The maximum absolute atomic E-state index is 10.2. The van der Waals surface area contributed by atoms with E-state index in [2.05, 4.69) is 4.90 Å². The average molecular weight is 298 g/mol. The fraction of sp³-hybridized carbons (Fsp3) is 0.625.